The van der Waals surface area contributed by atoms with Crippen LogP contribution in [-0.4, -0.2) is 28.3 Å². The minimum absolute atomic E-state index is 0.0624. The fraction of sp³-hybridized carbons (Fsp3) is 0.231. The maximum Gasteiger partial charge on any atom is 0.296 e. The molecular weight excluding hydrogens is 406 g/mol. The molecule has 2 heterocycles. The lowest BCUT2D eigenvalue weighted by molar-refractivity contribution is -0.140. The zero-order valence-corrected chi connectivity index (χ0v) is 17.9. The number of furan rings is 1. The van der Waals surface area contributed by atoms with Crippen LogP contribution in [0.1, 0.15) is 42.7 Å². The van der Waals surface area contributed by atoms with Crippen molar-refractivity contribution < 1.29 is 23.8 Å². The van der Waals surface area contributed by atoms with Crippen molar-refractivity contribution in [1.82, 2.24) is 4.90 Å². The minimum Gasteiger partial charge on any atom is -0.507 e. The van der Waals surface area contributed by atoms with E-state index in [2.05, 4.69) is 6.92 Å². The number of carbonyl (C=O) groups excluding carboxylic acids is 2. The van der Waals surface area contributed by atoms with Gasteiger partial charge in [-0.05, 0) is 36.2 Å². The highest BCUT2D eigenvalue weighted by Gasteiger charge is 2.46. The third-order valence-electron chi connectivity index (χ3n) is 5.46. The largest absolute Gasteiger partial charge is 0.507 e. The van der Waals surface area contributed by atoms with Crippen molar-refractivity contribution in [2.75, 3.05) is 6.61 Å². The molecule has 0 saturated carbocycles. The second-order valence-corrected chi connectivity index (χ2v) is 7.64. The van der Waals surface area contributed by atoms with Crippen molar-refractivity contribution in [3.63, 3.8) is 0 Å². The molecule has 1 atom stereocenters. The van der Waals surface area contributed by atoms with Gasteiger partial charge in [0.15, 0.2) is 0 Å². The summed E-state index contributed by atoms with van der Waals surface area (Å²) in [6, 6.07) is 18.8. The van der Waals surface area contributed by atoms with Gasteiger partial charge in [0, 0.05) is 5.56 Å². The lowest BCUT2D eigenvalue weighted by atomic mass is 9.95. The van der Waals surface area contributed by atoms with Gasteiger partial charge in [0.25, 0.3) is 11.7 Å². The minimum atomic E-state index is -0.745. The lowest BCUT2D eigenvalue weighted by Gasteiger charge is -2.24. The number of likely N-dealkylation sites (tertiary alicyclic amines) is 1. The van der Waals surface area contributed by atoms with E-state index < -0.39 is 17.7 Å². The number of carbonyl (C=O) groups is 2. The Bertz CT molecular complexity index is 1100. The number of rotatable bonds is 8. The Hall–Kier alpha value is -3.80. The van der Waals surface area contributed by atoms with Gasteiger partial charge in [0.1, 0.15) is 17.3 Å². The van der Waals surface area contributed by atoms with E-state index in [1.165, 1.54) is 11.2 Å². The van der Waals surface area contributed by atoms with Gasteiger partial charge in [-0.3, -0.25) is 9.59 Å². The van der Waals surface area contributed by atoms with Crippen molar-refractivity contribution in [1.29, 1.82) is 0 Å². The molecule has 0 radical (unpaired) electrons. The first-order chi connectivity index (χ1) is 15.6. The number of nitrogens with zero attached hydrogens (tertiary/aromatic N) is 1. The van der Waals surface area contributed by atoms with Crippen molar-refractivity contribution in [3.05, 3.63) is 95.5 Å². The molecule has 6 heteroatoms. The molecule has 0 spiro atoms. The van der Waals surface area contributed by atoms with Crippen LogP contribution in [0.5, 0.6) is 5.75 Å². The smallest absolute Gasteiger partial charge is 0.296 e. The first-order valence-electron chi connectivity index (χ1n) is 10.7. The molecule has 2 aromatic carbocycles. The van der Waals surface area contributed by atoms with E-state index in [9.17, 15) is 14.7 Å². The van der Waals surface area contributed by atoms with Crippen molar-refractivity contribution >= 4 is 17.4 Å². The second kappa shape index (κ2) is 9.56. The van der Waals surface area contributed by atoms with E-state index in [-0.39, 0.29) is 17.9 Å². The molecule has 164 valence electrons. The molecule has 1 unspecified atom stereocenters. The molecule has 3 aromatic rings. The van der Waals surface area contributed by atoms with Crippen LogP contribution in [0, 0.1) is 0 Å². The van der Waals surface area contributed by atoms with Crippen LogP contribution in [0.4, 0.5) is 0 Å². The van der Waals surface area contributed by atoms with Gasteiger partial charge >= 0.3 is 0 Å². The second-order valence-electron chi connectivity index (χ2n) is 7.64. The molecule has 1 amide bonds. The third-order valence-corrected chi connectivity index (χ3v) is 5.46. The number of hydrogen-bond donors (Lipinski definition) is 1. The standard InChI is InChI=1S/C26H25NO5/c1-2-3-15-31-20-13-11-18(12-14-20)23-22(24(28)19-8-5-4-6-9-19)25(29)26(30)27(23)17-21-10-7-16-32-21/h4-14,16,23,28H,2-3,15,17H2,1H3/b24-22+. The molecule has 1 aromatic heterocycles. The number of Topliss-reactive ketones (excluding diaryl/α,β-unsaturated/α-hetero) is 1. The summed E-state index contributed by atoms with van der Waals surface area (Å²) < 4.78 is 11.2. The molecule has 1 N–H and O–H groups in total. The highest BCUT2D eigenvalue weighted by molar-refractivity contribution is 6.46. The SMILES string of the molecule is CCCCOc1ccc(C2/C(=C(\O)c3ccccc3)C(=O)C(=O)N2Cc2ccco2)cc1. The van der Waals surface area contributed by atoms with Gasteiger partial charge in [0.05, 0.1) is 31.0 Å². The average molecular weight is 431 g/mol. The summed E-state index contributed by atoms with van der Waals surface area (Å²) in [5.74, 6) is -0.318. The van der Waals surface area contributed by atoms with Crippen LogP contribution in [-0.2, 0) is 16.1 Å². The van der Waals surface area contributed by atoms with Gasteiger partial charge in [-0.25, -0.2) is 0 Å². The van der Waals surface area contributed by atoms with E-state index >= 15 is 0 Å². The number of amides is 1. The Kier molecular flexibility index (Phi) is 6.40. The summed E-state index contributed by atoms with van der Waals surface area (Å²) in [6.07, 6.45) is 3.52. The van der Waals surface area contributed by atoms with E-state index in [1.807, 2.05) is 30.3 Å². The summed E-state index contributed by atoms with van der Waals surface area (Å²) in [7, 11) is 0. The van der Waals surface area contributed by atoms with Crippen LogP contribution in [0.15, 0.2) is 83.0 Å². The number of aliphatic hydroxyl groups is 1. The number of ketones is 1. The molecule has 1 fully saturated rings. The van der Waals surface area contributed by atoms with Crippen molar-refractivity contribution in [2.24, 2.45) is 0 Å². The molecular formula is C26H25NO5. The van der Waals surface area contributed by atoms with Gasteiger partial charge in [-0.15, -0.1) is 0 Å². The predicted octanol–water partition coefficient (Wildman–Crippen LogP) is 5.08. The Balaban J connectivity index is 1.75. The van der Waals surface area contributed by atoms with Crippen LogP contribution >= 0.6 is 0 Å². The number of aliphatic hydroxyl groups excluding tert-OH is 1. The molecule has 6 nitrogen and oxygen atoms in total. The predicted molar refractivity (Wildman–Crippen MR) is 120 cm³/mol. The molecule has 1 aliphatic heterocycles. The highest BCUT2D eigenvalue weighted by atomic mass is 16.5. The Morgan fingerprint density at radius 3 is 2.44 bits per heavy atom. The maximum absolute atomic E-state index is 13.0. The number of ether oxygens (including phenoxy) is 1. The zero-order chi connectivity index (χ0) is 22.5. The first kappa shape index (κ1) is 21.4. The van der Waals surface area contributed by atoms with E-state index in [0.29, 0.717) is 29.2 Å². The molecule has 0 aliphatic carbocycles. The van der Waals surface area contributed by atoms with Crippen LogP contribution in [0.2, 0.25) is 0 Å². The van der Waals surface area contributed by atoms with Crippen LogP contribution in [0.3, 0.4) is 0 Å². The third kappa shape index (κ3) is 4.30. The lowest BCUT2D eigenvalue weighted by Crippen LogP contribution is -2.29. The number of benzene rings is 2. The average Bonchev–Trinajstić information content (AvgIpc) is 3.42. The number of hydrogen-bond acceptors (Lipinski definition) is 5. The van der Waals surface area contributed by atoms with Crippen molar-refractivity contribution in [2.45, 2.75) is 32.4 Å². The number of unbranched alkanes of at least 4 members (excludes halogenated alkanes) is 1. The quantitative estimate of drug-likeness (QED) is 0.233. The van der Waals surface area contributed by atoms with Gasteiger partial charge in [-0.1, -0.05) is 55.8 Å². The zero-order valence-electron chi connectivity index (χ0n) is 17.9. The van der Waals surface area contributed by atoms with E-state index in [1.54, 1.807) is 36.4 Å². The molecule has 0 bridgehead atoms. The van der Waals surface area contributed by atoms with E-state index in [4.69, 9.17) is 9.15 Å². The van der Waals surface area contributed by atoms with Crippen molar-refractivity contribution in [3.8, 4) is 5.75 Å². The first-order valence-corrected chi connectivity index (χ1v) is 10.7. The highest BCUT2D eigenvalue weighted by Crippen LogP contribution is 2.40. The fourth-order valence-corrected chi connectivity index (χ4v) is 3.79. The Morgan fingerprint density at radius 2 is 1.78 bits per heavy atom. The monoisotopic (exact) mass is 431 g/mol. The summed E-state index contributed by atoms with van der Waals surface area (Å²) >= 11 is 0. The van der Waals surface area contributed by atoms with E-state index in [0.717, 1.165) is 12.8 Å². The normalized spacial score (nSPS) is 17.7. The van der Waals surface area contributed by atoms with Gasteiger partial charge < -0.3 is 19.2 Å². The van der Waals surface area contributed by atoms with Gasteiger partial charge in [-0.2, -0.15) is 0 Å². The molecule has 1 aliphatic rings. The van der Waals surface area contributed by atoms with Crippen LogP contribution < -0.4 is 4.74 Å². The summed E-state index contributed by atoms with van der Waals surface area (Å²) in [4.78, 5) is 27.4. The fourth-order valence-electron chi connectivity index (χ4n) is 3.79. The molecule has 4 rings (SSSR count). The summed E-state index contributed by atoms with van der Waals surface area (Å²) in [5, 5.41) is 11.0. The molecule has 1 saturated heterocycles. The van der Waals surface area contributed by atoms with Gasteiger partial charge in [0.2, 0.25) is 0 Å². The summed E-state index contributed by atoms with van der Waals surface area (Å²) in [5.41, 5.74) is 1.25. The Morgan fingerprint density at radius 1 is 1.03 bits per heavy atom. The topological polar surface area (TPSA) is 80.0 Å². The van der Waals surface area contributed by atoms with Crippen LogP contribution in [0.25, 0.3) is 5.76 Å². The summed E-state index contributed by atoms with van der Waals surface area (Å²) in [6.45, 7) is 2.84. The Labute approximate surface area is 186 Å². The maximum atomic E-state index is 13.0. The molecule has 32 heavy (non-hydrogen) atoms.